The summed E-state index contributed by atoms with van der Waals surface area (Å²) in [5.41, 5.74) is 3.39. The minimum absolute atomic E-state index is 0.766. The fourth-order valence-electron chi connectivity index (χ4n) is 2.08. The second kappa shape index (κ2) is 6.39. The molecule has 3 nitrogen and oxygen atoms in total. The number of anilines is 1. The standard InChI is InChI=1S/C16H17NO2S/c1-12-5-3-4-6-14(12)17(2)11-15-13(9-10-20-15)7-8-16(18)19/h3-10H,11H2,1-2H3,(H,18,19). The van der Waals surface area contributed by atoms with Gasteiger partial charge in [-0.3, -0.25) is 0 Å². The van der Waals surface area contributed by atoms with Crippen molar-refractivity contribution in [3.63, 3.8) is 0 Å². The topological polar surface area (TPSA) is 40.5 Å². The highest BCUT2D eigenvalue weighted by Crippen LogP contribution is 2.24. The van der Waals surface area contributed by atoms with E-state index in [1.54, 1.807) is 17.4 Å². The molecule has 0 aliphatic heterocycles. The summed E-state index contributed by atoms with van der Waals surface area (Å²) in [6.45, 7) is 2.85. The van der Waals surface area contributed by atoms with Crippen molar-refractivity contribution in [2.75, 3.05) is 11.9 Å². The fourth-order valence-corrected chi connectivity index (χ4v) is 3.00. The number of carboxylic acid groups (broad SMARTS) is 1. The highest BCUT2D eigenvalue weighted by Gasteiger charge is 2.08. The zero-order valence-electron chi connectivity index (χ0n) is 11.5. The predicted molar refractivity (Wildman–Crippen MR) is 84.3 cm³/mol. The third-order valence-electron chi connectivity index (χ3n) is 3.09. The highest BCUT2D eigenvalue weighted by atomic mass is 32.1. The molecule has 1 heterocycles. The lowest BCUT2D eigenvalue weighted by Gasteiger charge is -2.21. The average molecular weight is 287 g/mol. The summed E-state index contributed by atoms with van der Waals surface area (Å²) in [6, 6.07) is 10.2. The fraction of sp³-hybridized carbons (Fsp3) is 0.188. The summed E-state index contributed by atoms with van der Waals surface area (Å²) in [7, 11) is 2.05. The lowest BCUT2D eigenvalue weighted by atomic mass is 10.1. The molecule has 0 saturated carbocycles. The molecule has 1 aromatic carbocycles. The molecule has 0 atom stereocenters. The molecule has 2 rings (SSSR count). The maximum absolute atomic E-state index is 10.6. The Morgan fingerprint density at radius 1 is 1.35 bits per heavy atom. The van der Waals surface area contributed by atoms with Gasteiger partial charge in [-0.1, -0.05) is 18.2 Å². The number of thiophene rings is 1. The number of aliphatic carboxylic acids is 1. The number of aryl methyl sites for hydroxylation is 1. The molecule has 0 aliphatic rings. The number of carbonyl (C=O) groups is 1. The maximum Gasteiger partial charge on any atom is 0.328 e. The van der Waals surface area contributed by atoms with Crippen LogP contribution in [0.15, 0.2) is 41.8 Å². The van der Waals surface area contributed by atoms with Crippen molar-refractivity contribution in [1.29, 1.82) is 0 Å². The number of nitrogens with zero attached hydrogens (tertiary/aromatic N) is 1. The maximum atomic E-state index is 10.6. The van der Waals surface area contributed by atoms with E-state index in [1.807, 2.05) is 30.6 Å². The molecule has 0 spiro atoms. The van der Waals surface area contributed by atoms with Gasteiger partial charge in [-0.05, 0) is 41.6 Å². The van der Waals surface area contributed by atoms with Crippen LogP contribution in [0.1, 0.15) is 16.0 Å². The molecule has 0 saturated heterocycles. The Bertz CT molecular complexity index is 631. The Kier molecular flexibility index (Phi) is 4.58. The molecule has 4 heteroatoms. The highest BCUT2D eigenvalue weighted by molar-refractivity contribution is 7.10. The van der Waals surface area contributed by atoms with E-state index >= 15 is 0 Å². The zero-order valence-corrected chi connectivity index (χ0v) is 12.4. The number of rotatable bonds is 5. The number of carboxylic acids is 1. The average Bonchev–Trinajstić information content (AvgIpc) is 2.84. The molecule has 0 unspecified atom stereocenters. The van der Waals surface area contributed by atoms with Gasteiger partial charge in [0.1, 0.15) is 0 Å². The molecule has 0 fully saturated rings. The van der Waals surface area contributed by atoms with Gasteiger partial charge < -0.3 is 10.0 Å². The summed E-state index contributed by atoms with van der Waals surface area (Å²) in [5.74, 6) is -0.922. The monoisotopic (exact) mass is 287 g/mol. The first-order valence-corrected chi connectivity index (χ1v) is 7.20. The Labute approximate surface area is 122 Å². The van der Waals surface area contributed by atoms with Crippen LogP contribution in [-0.4, -0.2) is 18.1 Å². The van der Waals surface area contributed by atoms with Crippen LogP contribution in [0.2, 0.25) is 0 Å². The smallest absolute Gasteiger partial charge is 0.328 e. The van der Waals surface area contributed by atoms with Crippen LogP contribution in [0.4, 0.5) is 5.69 Å². The molecule has 0 radical (unpaired) electrons. The number of benzene rings is 1. The Balaban J connectivity index is 2.17. The predicted octanol–water partition coefficient (Wildman–Crippen LogP) is 3.79. The molecule has 2 aromatic rings. The summed E-state index contributed by atoms with van der Waals surface area (Å²) >= 11 is 1.64. The minimum atomic E-state index is -0.922. The largest absolute Gasteiger partial charge is 0.478 e. The Hall–Kier alpha value is -2.07. The van der Waals surface area contributed by atoms with Gasteiger partial charge >= 0.3 is 5.97 Å². The van der Waals surface area contributed by atoms with Crippen LogP contribution in [0.5, 0.6) is 0 Å². The number of para-hydroxylation sites is 1. The first-order chi connectivity index (χ1) is 9.58. The molecule has 0 aliphatic carbocycles. The van der Waals surface area contributed by atoms with Gasteiger partial charge in [-0.15, -0.1) is 11.3 Å². The molecular weight excluding hydrogens is 270 g/mol. The van der Waals surface area contributed by atoms with E-state index in [0.717, 1.165) is 17.0 Å². The van der Waals surface area contributed by atoms with Gasteiger partial charge in [-0.2, -0.15) is 0 Å². The van der Waals surface area contributed by atoms with Crippen LogP contribution >= 0.6 is 11.3 Å². The van der Waals surface area contributed by atoms with Crippen molar-refractivity contribution in [2.24, 2.45) is 0 Å². The van der Waals surface area contributed by atoms with E-state index in [9.17, 15) is 4.79 Å². The van der Waals surface area contributed by atoms with E-state index in [-0.39, 0.29) is 0 Å². The first kappa shape index (κ1) is 14.3. The molecule has 20 heavy (non-hydrogen) atoms. The first-order valence-electron chi connectivity index (χ1n) is 6.32. The van der Waals surface area contributed by atoms with Crippen LogP contribution in [0.25, 0.3) is 6.08 Å². The van der Waals surface area contributed by atoms with Crippen LogP contribution in [0, 0.1) is 6.92 Å². The van der Waals surface area contributed by atoms with Crippen LogP contribution in [-0.2, 0) is 11.3 Å². The van der Waals surface area contributed by atoms with E-state index in [2.05, 4.69) is 24.0 Å². The minimum Gasteiger partial charge on any atom is -0.478 e. The summed E-state index contributed by atoms with van der Waals surface area (Å²) in [5, 5.41) is 10.7. The summed E-state index contributed by atoms with van der Waals surface area (Å²) in [6.07, 6.45) is 2.83. The third-order valence-corrected chi connectivity index (χ3v) is 4.01. The van der Waals surface area contributed by atoms with Gasteiger partial charge in [-0.25, -0.2) is 4.79 Å². The quantitative estimate of drug-likeness (QED) is 0.851. The lowest BCUT2D eigenvalue weighted by molar-refractivity contribution is -0.131. The molecule has 1 aromatic heterocycles. The normalized spacial score (nSPS) is 10.9. The van der Waals surface area contributed by atoms with Gasteiger partial charge in [0.15, 0.2) is 0 Å². The van der Waals surface area contributed by atoms with E-state index in [0.29, 0.717) is 0 Å². The molecule has 1 N–H and O–H groups in total. The van der Waals surface area contributed by atoms with Crippen LogP contribution < -0.4 is 4.90 Å². The lowest BCUT2D eigenvalue weighted by Crippen LogP contribution is -2.17. The van der Waals surface area contributed by atoms with E-state index in [4.69, 9.17) is 5.11 Å². The molecular formula is C16H17NO2S. The van der Waals surface area contributed by atoms with Crippen molar-refractivity contribution < 1.29 is 9.90 Å². The second-order valence-corrected chi connectivity index (χ2v) is 5.61. The number of hydrogen-bond donors (Lipinski definition) is 1. The Morgan fingerprint density at radius 3 is 2.80 bits per heavy atom. The van der Waals surface area contributed by atoms with Crippen LogP contribution in [0.3, 0.4) is 0 Å². The van der Waals surface area contributed by atoms with Gasteiger partial charge in [0.05, 0.1) is 6.54 Å². The van der Waals surface area contributed by atoms with Crippen molar-refractivity contribution >= 4 is 29.1 Å². The van der Waals surface area contributed by atoms with Gasteiger partial charge in [0.25, 0.3) is 0 Å². The SMILES string of the molecule is Cc1ccccc1N(C)Cc1sccc1C=CC(=O)O. The third kappa shape index (κ3) is 3.48. The second-order valence-electron chi connectivity index (χ2n) is 4.61. The van der Waals surface area contributed by atoms with Gasteiger partial charge in [0, 0.05) is 23.7 Å². The van der Waals surface area contributed by atoms with Crippen molar-refractivity contribution in [1.82, 2.24) is 0 Å². The van der Waals surface area contributed by atoms with Crippen molar-refractivity contribution in [3.8, 4) is 0 Å². The molecule has 0 bridgehead atoms. The zero-order chi connectivity index (χ0) is 14.5. The van der Waals surface area contributed by atoms with Crippen molar-refractivity contribution in [3.05, 3.63) is 57.8 Å². The van der Waals surface area contributed by atoms with E-state index in [1.165, 1.54) is 17.3 Å². The Morgan fingerprint density at radius 2 is 2.10 bits per heavy atom. The van der Waals surface area contributed by atoms with Gasteiger partial charge in [0.2, 0.25) is 0 Å². The molecule has 104 valence electrons. The summed E-state index contributed by atoms with van der Waals surface area (Å²) in [4.78, 5) is 13.9. The van der Waals surface area contributed by atoms with Crippen molar-refractivity contribution in [2.45, 2.75) is 13.5 Å². The molecule has 0 amide bonds. The van der Waals surface area contributed by atoms with E-state index < -0.39 is 5.97 Å². The summed E-state index contributed by atoms with van der Waals surface area (Å²) < 4.78 is 0. The number of hydrogen-bond acceptors (Lipinski definition) is 3.